The van der Waals surface area contributed by atoms with Crippen LogP contribution in [0.3, 0.4) is 0 Å². The van der Waals surface area contributed by atoms with Crippen LogP contribution in [0.1, 0.15) is 25.0 Å². The largest absolute Gasteiger partial charge is 0.454 e. The molecule has 47 heavy (non-hydrogen) atoms. The summed E-state index contributed by atoms with van der Waals surface area (Å²) in [6.07, 6.45) is 0. The molecule has 2 aromatic heterocycles. The quantitative estimate of drug-likeness (QED) is 0.172. The van der Waals surface area contributed by atoms with Crippen molar-refractivity contribution in [3.63, 3.8) is 0 Å². The lowest BCUT2D eigenvalue weighted by Gasteiger charge is -2.23. The molecule has 220 valence electrons. The Morgan fingerprint density at radius 2 is 1.09 bits per heavy atom. The van der Waals surface area contributed by atoms with E-state index in [1.807, 2.05) is 0 Å². The zero-order valence-electron chi connectivity index (χ0n) is 26.1. The molecule has 0 saturated heterocycles. The summed E-state index contributed by atoms with van der Waals surface area (Å²) in [5, 5.41) is 12.6. The Kier molecular flexibility index (Phi) is 4.68. The highest BCUT2D eigenvalue weighted by Gasteiger charge is 2.41. The number of rotatable bonds is 1. The monoisotopic (exact) mass is 599 g/mol. The van der Waals surface area contributed by atoms with E-state index in [9.17, 15) is 0 Å². The highest BCUT2D eigenvalue weighted by Crippen LogP contribution is 2.58. The van der Waals surface area contributed by atoms with Gasteiger partial charge in [-0.1, -0.05) is 129 Å². The molecule has 0 spiro atoms. The van der Waals surface area contributed by atoms with E-state index in [1.54, 1.807) is 0 Å². The fourth-order valence-electron chi connectivity index (χ4n) is 9.00. The maximum absolute atomic E-state index is 6.96. The normalized spacial score (nSPS) is 13.9. The van der Waals surface area contributed by atoms with Crippen LogP contribution < -0.4 is 0 Å². The van der Waals surface area contributed by atoms with Crippen molar-refractivity contribution >= 4 is 76.1 Å². The third-order valence-electron chi connectivity index (χ3n) is 10.9. The minimum absolute atomic E-state index is 0.190. The van der Waals surface area contributed by atoms with E-state index >= 15 is 0 Å². The van der Waals surface area contributed by atoms with Crippen LogP contribution in [0, 0.1) is 0 Å². The number of aromatic nitrogens is 1. The van der Waals surface area contributed by atoms with Crippen molar-refractivity contribution < 1.29 is 4.42 Å². The summed E-state index contributed by atoms with van der Waals surface area (Å²) in [5.41, 5.74) is 10.5. The first-order valence-electron chi connectivity index (χ1n) is 16.5. The molecule has 0 radical (unpaired) electrons. The van der Waals surface area contributed by atoms with Crippen LogP contribution >= 0.6 is 0 Å². The zero-order chi connectivity index (χ0) is 31.0. The third kappa shape index (κ3) is 3.06. The van der Waals surface area contributed by atoms with E-state index in [2.05, 4.69) is 158 Å². The average molecular weight is 600 g/mol. The van der Waals surface area contributed by atoms with E-state index in [4.69, 9.17) is 4.42 Å². The molecular weight excluding hydrogens is 571 g/mol. The van der Waals surface area contributed by atoms with Crippen molar-refractivity contribution in [2.75, 3.05) is 0 Å². The lowest BCUT2D eigenvalue weighted by Crippen LogP contribution is -2.15. The second kappa shape index (κ2) is 8.69. The fraction of sp³-hybridized carbons (Fsp3) is 0.0667. The molecule has 2 nitrogen and oxygen atoms in total. The number of furan rings is 1. The fourth-order valence-corrected chi connectivity index (χ4v) is 9.00. The van der Waals surface area contributed by atoms with E-state index in [1.165, 1.54) is 81.6 Å². The maximum Gasteiger partial charge on any atom is 0.160 e. The topological polar surface area (TPSA) is 18.1 Å². The Hall–Kier alpha value is -5.86. The third-order valence-corrected chi connectivity index (χ3v) is 10.9. The molecule has 0 unspecified atom stereocenters. The molecule has 0 atom stereocenters. The van der Waals surface area contributed by atoms with Crippen LogP contribution in [0.2, 0.25) is 0 Å². The van der Waals surface area contributed by atoms with Crippen molar-refractivity contribution in [2.24, 2.45) is 0 Å². The Labute approximate surface area is 271 Å². The van der Waals surface area contributed by atoms with Crippen LogP contribution in [0.15, 0.2) is 144 Å². The number of hydrogen-bond donors (Lipinski definition) is 0. The Morgan fingerprint density at radius 1 is 0.511 bits per heavy atom. The minimum atomic E-state index is -0.190. The van der Waals surface area contributed by atoms with Gasteiger partial charge >= 0.3 is 0 Å². The molecule has 1 aliphatic rings. The predicted octanol–water partition coefficient (Wildman–Crippen LogP) is 12.4. The molecule has 2 heteroatoms. The van der Waals surface area contributed by atoms with Crippen LogP contribution in [0.5, 0.6) is 0 Å². The Balaban J connectivity index is 1.38. The lowest BCUT2D eigenvalue weighted by atomic mass is 9.80. The number of benzene rings is 8. The minimum Gasteiger partial charge on any atom is -0.454 e. The summed E-state index contributed by atoms with van der Waals surface area (Å²) in [6.45, 7) is 4.79. The average Bonchev–Trinajstić information content (AvgIpc) is 3.74. The van der Waals surface area contributed by atoms with Gasteiger partial charge in [0.15, 0.2) is 5.58 Å². The SMILES string of the molecule is CC1(C)c2ccccc2-c2c1c1c3ccccc3n(-c3ccc4c5ccccc5c5ccccc5c4c3)c1c1oc3ccccc3c21. The van der Waals surface area contributed by atoms with Crippen molar-refractivity contribution in [3.05, 3.63) is 151 Å². The van der Waals surface area contributed by atoms with Gasteiger partial charge in [0.05, 0.1) is 11.0 Å². The van der Waals surface area contributed by atoms with Gasteiger partial charge in [-0.3, -0.25) is 0 Å². The number of fused-ring (bicyclic) bond motifs is 18. The maximum atomic E-state index is 6.96. The van der Waals surface area contributed by atoms with Gasteiger partial charge in [-0.2, -0.15) is 0 Å². The molecule has 0 N–H and O–H groups in total. The second-order valence-corrected chi connectivity index (χ2v) is 13.6. The first-order valence-corrected chi connectivity index (χ1v) is 16.5. The van der Waals surface area contributed by atoms with Gasteiger partial charge in [0.1, 0.15) is 5.58 Å². The summed E-state index contributed by atoms with van der Waals surface area (Å²) in [4.78, 5) is 0. The molecular formula is C45H29NO. The number of hydrogen-bond acceptors (Lipinski definition) is 1. The van der Waals surface area contributed by atoms with E-state index in [0.29, 0.717) is 0 Å². The number of nitrogens with zero attached hydrogens (tertiary/aromatic N) is 1. The van der Waals surface area contributed by atoms with Gasteiger partial charge < -0.3 is 8.98 Å². The standard InChI is InChI=1S/C45H29NO/c1-45(2)36-20-10-7-17-32(36)39-40-34-19-9-12-22-38(34)47-44(40)43-41(42(39)45)33-18-8-11-21-37(33)46(43)26-23-24-31-29-15-4-3-13-27(29)28-14-5-6-16-30(28)35(31)25-26/h3-25H,1-2H3. The van der Waals surface area contributed by atoms with Gasteiger partial charge in [0.25, 0.3) is 0 Å². The summed E-state index contributed by atoms with van der Waals surface area (Å²) in [6, 6.07) is 51.1. The van der Waals surface area contributed by atoms with Crippen LogP contribution in [0.25, 0.3) is 92.9 Å². The van der Waals surface area contributed by atoms with Crippen molar-refractivity contribution in [3.8, 4) is 16.8 Å². The molecule has 0 bridgehead atoms. The Bertz CT molecular complexity index is 2950. The molecule has 0 fully saturated rings. The van der Waals surface area contributed by atoms with Gasteiger partial charge in [-0.25, -0.2) is 0 Å². The molecule has 10 aromatic rings. The second-order valence-electron chi connectivity index (χ2n) is 13.6. The summed E-state index contributed by atoms with van der Waals surface area (Å²) >= 11 is 0. The summed E-state index contributed by atoms with van der Waals surface area (Å²) < 4.78 is 9.43. The molecule has 0 saturated carbocycles. The van der Waals surface area contributed by atoms with Crippen molar-refractivity contribution in [2.45, 2.75) is 19.3 Å². The summed E-state index contributed by atoms with van der Waals surface area (Å²) in [5.74, 6) is 0. The first-order chi connectivity index (χ1) is 23.1. The molecule has 2 heterocycles. The molecule has 11 rings (SSSR count). The van der Waals surface area contributed by atoms with Gasteiger partial charge in [0.2, 0.25) is 0 Å². The van der Waals surface area contributed by atoms with Crippen LogP contribution in [0.4, 0.5) is 0 Å². The predicted molar refractivity (Wildman–Crippen MR) is 198 cm³/mol. The van der Waals surface area contributed by atoms with E-state index in [0.717, 1.165) is 22.4 Å². The first kappa shape index (κ1) is 25.3. The number of para-hydroxylation sites is 2. The van der Waals surface area contributed by atoms with Crippen molar-refractivity contribution in [1.29, 1.82) is 0 Å². The zero-order valence-corrected chi connectivity index (χ0v) is 26.1. The highest BCUT2D eigenvalue weighted by molar-refractivity contribution is 6.30. The molecule has 0 aliphatic heterocycles. The summed E-state index contributed by atoms with van der Waals surface area (Å²) in [7, 11) is 0. The van der Waals surface area contributed by atoms with Crippen LogP contribution in [-0.2, 0) is 5.41 Å². The van der Waals surface area contributed by atoms with E-state index < -0.39 is 0 Å². The highest BCUT2D eigenvalue weighted by atomic mass is 16.3. The van der Waals surface area contributed by atoms with Gasteiger partial charge in [-0.05, 0) is 78.8 Å². The van der Waals surface area contributed by atoms with Gasteiger partial charge in [0, 0.05) is 32.6 Å². The van der Waals surface area contributed by atoms with Crippen LogP contribution in [-0.4, -0.2) is 4.57 Å². The molecule has 8 aromatic carbocycles. The Morgan fingerprint density at radius 3 is 1.83 bits per heavy atom. The molecule has 1 aliphatic carbocycles. The van der Waals surface area contributed by atoms with Gasteiger partial charge in [-0.15, -0.1) is 0 Å². The van der Waals surface area contributed by atoms with E-state index in [-0.39, 0.29) is 5.41 Å². The lowest BCUT2D eigenvalue weighted by molar-refractivity contribution is 0.663. The molecule has 0 amide bonds. The van der Waals surface area contributed by atoms with Crippen molar-refractivity contribution in [1.82, 2.24) is 4.57 Å². The smallest absolute Gasteiger partial charge is 0.160 e.